The Balaban J connectivity index is 1.92. The fourth-order valence-electron chi connectivity index (χ4n) is 2.56. The Labute approximate surface area is 170 Å². The van der Waals surface area contributed by atoms with Gasteiger partial charge in [0.15, 0.2) is 5.13 Å². The second-order valence-electron chi connectivity index (χ2n) is 5.82. The Morgan fingerprint density at radius 3 is 2.66 bits per heavy atom. The maximum Gasteiger partial charge on any atom is 0.272 e. The zero-order valence-electron chi connectivity index (χ0n) is 15.5. The summed E-state index contributed by atoms with van der Waals surface area (Å²) in [6, 6.07) is 13.7. The fraction of sp³-hybridized carbons (Fsp3) is 0.143. The van der Waals surface area contributed by atoms with Crippen LogP contribution in [0.1, 0.15) is 0 Å². The largest absolute Gasteiger partial charge is 0.497 e. The summed E-state index contributed by atoms with van der Waals surface area (Å²) in [5, 5.41) is 2.25. The van der Waals surface area contributed by atoms with Crippen LogP contribution < -0.4 is 14.4 Å². The lowest BCUT2D eigenvalue weighted by Gasteiger charge is -2.19. The number of hydrogen-bond donors (Lipinski definition) is 0. The molecule has 0 atom stereocenters. The van der Waals surface area contributed by atoms with E-state index < -0.39 is 18.9 Å². The minimum Gasteiger partial charge on any atom is -0.497 e. The van der Waals surface area contributed by atoms with Gasteiger partial charge in [0.1, 0.15) is 18.1 Å². The molecule has 0 spiro atoms. The zero-order chi connectivity index (χ0) is 20.8. The molecule has 2 aromatic carbocycles. The maximum absolute atomic E-state index is 12.5. The van der Waals surface area contributed by atoms with Crippen molar-refractivity contribution < 1.29 is 23.0 Å². The van der Waals surface area contributed by atoms with E-state index in [9.17, 15) is 13.6 Å². The zero-order valence-corrected chi connectivity index (χ0v) is 16.4. The summed E-state index contributed by atoms with van der Waals surface area (Å²) in [5.41, 5.74) is 2.00. The van der Waals surface area contributed by atoms with Crippen molar-refractivity contribution in [3.63, 3.8) is 0 Å². The van der Waals surface area contributed by atoms with E-state index in [2.05, 4.69) is 11.6 Å². The molecule has 150 valence electrons. The number of anilines is 2. The first-order valence-electron chi connectivity index (χ1n) is 8.59. The monoisotopic (exact) mass is 416 g/mol. The van der Waals surface area contributed by atoms with Crippen LogP contribution in [0.15, 0.2) is 66.6 Å². The molecule has 29 heavy (non-hydrogen) atoms. The molecular weight excluding hydrogens is 398 g/mol. The number of alkyl halides is 2. The van der Waals surface area contributed by atoms with Crippen molar-refractivity contribution in [3.8, 4) is 22.8 Å². The first-order valence-corrected chi connectivity index (χ1v) is 9.47. The van der Waals surface area contributed by atoms with Gasteiger partial charge in [0.25, 0.3) is 12.3 Å². The molecule has 0 bridgehead atoms. The van der Waals surface area contributed by atoms with Gasteiger partial charge in [-0.1, -0.05) is 12.6 Å². The minimum atomic E-state index is -2.59. The van der Waals surface area contributed by atoms with Crippen LogP contribution in [0.4, 0.5) is 19.6 Å². The quantitative estimate of drug-likeness (QED) is 0.467. The molecule has 0 saturated heterocycles. The molecule has 0 saturated carbocycles. The molecule has 0 aliphatic heterocycles. The van der Waals surface area contributed by atoms with Crippen molar-refractivity contribution in [2.24, 2.45) is 0 Å². The van der Waals surface area contributed by atoms with E-state index in [1.165, 1.54) is 28.4 Å². The summed E-state index contributed by atoms with van der Waals surface area (Å²) in [4.78, 5) is 18.4. The van der Waals surface area contributed by atoms with Gasteiger partial charge in [-0.05, 0) is 42.5 Å². The van der Waals surface area contributed by atoms with Gasteiger partial charge in [-0.15, -0.1) is 11.3 Å². The number of nitrogens with zero attached hydrogens (tertiary/aromatic N) is 2. The third-order valence-electron chi connectivity index (χ3n) is 3.92. The van der Waals surface area contributed by atoms with Crippen LogP contribution >= 0.6 is 11.3 Å². The molecule has 1 heterocycles. The number of ether oxygens (including phenoxy) is 2. The third-order valence-corrected chi connectivity index (χ3v) is 4.74. The number of carbonyl (C=O) groups excluding carboxylic acids is 1. The molecule has 0 radical (unpaired) electrons. The van der Waals surface area contributed by atoms with Gasteiger partial charge >= 0.3 is 0 Å². The third kappa shape index (κ3) is 4.97. The van der Waals surface area contributed by atoms with Crippen LogP contribution in [-0.4, -0.2) is 31.0 Å². The Bertz CT molecular complexity index is 990. The minimum absolute atomic E-state index is 0.233. The first-order chi connectivity index (χ1) is 14.0. The van der Waals surface area contributed by atoms with Crippen molar-refractivity contribution >= 4 is 28.1 Å². The second kappa shape index (κ2) is 9.29. The van der Waals surface area contributed by atoms with Gasteiger partial charge in [0.05, 0.1) is 18.5 Å². The summed E-state index contributed by atoms with van der Waals surface area (Å²) in [5.74, 6) is 0.566. The molecule has 0 aliphatic carbocycles. The second-order valence-corrected chi connectivity index (χ2v) is 6.66. The van der Waals surface area contributed by atoms with E-state index in [0.29, 0.717) is 16.5 Å². The lowest BCUT2D eigenvalue weighted by Crippen LogP contribution is -2.23. The highest BCUT2D eigenvalue weighted by atomic mass is 32.1. The molecule has 0 aliphatic rings. The average Bonchev–Trinajstić information content (AvgIpc) is 3.22. The van der Waals surface area contributed by atoms with E-state index in [0.717, 1.165) is 11.3 Å². The summed E-state index contributed by atoms with van der Waals surface area (Å²) < 4.78 is 35.1. The smallest absolute Gasteiger partial charge is 0.272 e. The fourth-order valence-corrected chi connectivity index (χ4v) is 3.41. The highest BCUT2D eigenvalue weighted by Gasteiger charge is 2.20. The molecule has 3 rings (SSSR count). The Kier molecular flexibility index (Phi) is 6.56. The van der Waals surface area contributed by atoms with E-state index in [4.69, 9.17) is 9.47 Å². The van der Waals surface area contributed by atoms with Crippen LogP contribution in [-0.2, 0) is 4.79 Å². The first kappa shape index (κ1) is 20.5. The molecule has 1 amide bonds. The number of rotatable bonds is 8. The summed E-state index contributed by atoms with van der Waals surface area (Å²) in [6.07, 6.45) is -1.42. The van der Waals surface area contributed by atoms with Crippen LogP contribution in [0.3, 0.4) is 0 Å². The lowest BCUT2D eigenvalue weighted by atomic mass is 10.2. The van der Waals surface area contributed by atoms with Crippen molar-refractivity contribution in [3.05, 3.63) is 66.6 Å². The van der Waals surface area contributed by atoms with Gasteiger partial charge in [0.2, 0.25) is 0 Å². The predicted octanol–water partition coefficient (Wildman–Crippen LogP) is 5.31. The normalized spacial score (nSPS) is 10.6. The lowest BCUT2D eigenvalue weighted by molar-refractivity contribution is -0.113. The molecule has 0 fully saturated rings. The highest BCUT2D eigenvalue weighted by molar-refractivity contribution is 7.14. The molecule has 0 unspecified atom stereocenters. The number of aromatic nitrogens is 1. The van der Waals surface area contributed by atoms with Gasteiger partial charge in [-0.3, -0.25) is 9.69 Å². The van der Waals surface area contributed by atoms with E-state index >= 15 is 0 Å². The Morgan fingerprint density at radius 2 is 2.00 bits per heavy atom. The molecule has 5 nitrogen and oxygen atoms in total. The van der Waals surface area contributed by atoms with E-state index in [1.54, 1.807) is 25.3 Å². The number of methoxy groups -OCH3 is 1. The van der Waals surface area contributed by atoms with Crippen molar-refractivity contribution in [1.29, 1.82) is 0 Å². The number of halogens is 2. The van der Waals surface area contributed by atoms with Crippen LogP contribution in [0.5, 0.6) is 11.5 Å². The molecule has 0 N–H and O–H groups in total. The number of thiazole rings is 1. The number of amides is 1. The number of carbonyl (C=O) groups is 1. The number of benzene rings is 2. The summed E-state index contributed by atoms with van der Waals surface area (Å²) in [6.45, 7) is 2.82. The standard InChI is InChI=1S/C21H18F2N2O3S/c1-3-20(26)25(15-5-4-6-17(11-15)28-12-19(22)23)21-24-18(13-29-21)14-7-9-16(27-2)10-8-14/h3-11,13,19H,1,12H2,2H3. The molecular formula is C21H18F2N2O3S. The SMILES string of the molecule is C=CC(=O)N(c1cccc(OCC(F)F)c1)c1nc(-c2ccc(OC)cc2)cs1. The van der Waals surface area contributed by atoms with Crippen LogP contribution in [0, 0.1) is 0 Å². The molecule has 3 aromatic rings. The predicted molar refractivity (Wildman–Crippen MR) is 109 cm³/mol. The Hall–Kier alpha value is -3.26. The number of hydrogen-bond acceptors (Lipinski definition) is 5. The molecule has 8 heteroatoms. The topological polar surface area (TPSA) is 51.7 Å². The maximum atomic E-state index is 12.5. The highest BCUT2D eigenvalue weighted by Crippen LogP contribution is 2.34. The summed E-state index contributed by atoms with van der Waals surface area (Å²) in [7, 11) is 1.59. The van der Waals surface area contributed by atoms with Crippen LogP contribution in [0.25, 0.3) is 11.3 Å². The summed E-state index contributed by atoms with van der Waals surface area (Å²) >= 11 is 1.28. The van der Waals surface area contributed by atoms with E-state index in [1.807, 2.05) is 29.6 Å². The van der Waals surface area contributed by atoms with Crippen molar-refractivity contribution in [2.75, 3.05) is 18.6 Å². The van der Waals surface area contributed by atoms with Gasteiger partial charge in [0, 0.05) is 17.0 Å². The van der Waals surface area contributed by atoms with E-state index in [-0.39, 0.29) is 5.75 Å². The average molecular weight is 416 g/mol. The van der Waals surface area contributed by atoms with Crippen molar-refractivity contribution in [2.45, 2.75) is 6.43 Å². The van der Waals surface area contributed by atoms with Gasteiger partial charge < -0.3 is 9.47 Å². The van der Waals surface area contributed by atoms with Gasteiger partial charge in [-0.25, -0.2) is 13.8 Å². The van der Waals surface area contributed by atoms with Crippen LogP contribution in [0.2, 0.25) is 0 Å². The Morgan fingerprint density at radius 1 is 1.24 bits per heavy atom. The van der Waals surface area contributed by atoms with Gasteiger partial charge in [-0.2, -0.15) is 0 Å². The van der Waals surface area contributed by atoms with Crippen molar-refractivity contribution in [1.82, 2.24) is 4.98 Å². The molecule has 1 aromatic heterocycles.